The Morgan fingerprint density at radius 2 is 1.95 bits per heavy atom. The maximum absolute atomic E-state index is 12.1. The van der Waals surface area contributed by atoms with E-state index in [9.17, 15) is 4.79 Å². The molecule has 2 fully saturated rings. The normalized spacial score (nSPS) is 24.9. The highest BCUT2D eigenvalue weighted by atomic mass is 35.5. The predicted molar refractivity (Wildman–Crippen MR) is 87.7 cm³/mol. The molecule has 3 N–H and O–H groups in total. The van der Waals surface area contributed by atoms with Crippen LogP contribution in [0.2, 0.25) is 0 Å². The number of nitrogens with two attached hydrogens (primary N) is 1. The van der Waals surface area contributed by atoms with E-state index >= 15 is 0 Å². The Morgan fingerprint density at radius 3 is 2.50 bits per heavy atom. The number of likely N-dealkylation sites (N-methyl/N-ethyl adjacent to an activating group) is 1. The lowest BCUT2D eigenvalue weighted by Gasteiger charge is -2.21. The summed E-state index contributed by atoms with van der Waals surface area (Å²) in [5.74, 6) is 0.816. The third kappa shape index (κ3) is 5.40. The molecule has 0 saturated heterocycles. The summed E-state index contributed by atoms with van der Waals surface area (Å²) < 4.78 is 0. The molecule has 0 spiro atoms. The van der Waals surface area contributed by atoms with Crippen LogP contribution >= 0.6 is 24.8 Å². The van der Waals surface area contributed by atoms with E-state index < -0.39 is 0 Å². The van der Waals surface area contributed by atoms with Gasteiger partial charge in [-0.1, -0.05) is 13.3 Å². The molecule has 0 heterocycles. The van der Waals surface area contributed by atoms with E-state index in [0.717, 1.165) is 44.9 Å². The minimum Gasteiger partial charge on any atom is -0.355 e. The molecule has 20 heavy (non-hydrogen) atoms. The molecule has 0 aromatic carbocycles. The van der Waals surface area contributed by atoms with Crippen molar-refractivity contribution in [3.63, 3.8) is 0 Å². The van der Waals surface area contributed by atoms with Crippen LogP contribution in [0, 0.1) is 11.8 Å². The maximum atomic E-state index is 12.1. The minimum absolute atomic E-state index is 0. The molecule has 4 nitrogen and oxygen atoms in total. The molecule has 2 aliphatic rings. The van der Waals surface area contributed by atoms with Crippen LogP contribution in [0.1, 0.15) is 39.0 Å². The first-order valence-corrected chi connectivity index (χ1v) is 7.48. The van der Waals surface area contributed by atoms with Gasteiger partial charge in [0.05, 0.1) is 0 Å². The van der Waals surface area contributed by atoms with Crippen molar-refractivity contribution in [3.05, 3.63) is 0 Å². The molecule has 2 aliphatic carbocycles. The number of nitrogens with one attached hydrogen (secondary N) is 1. The third-order valence-corrected chi connectivity index (χ3v) is 4.47. The van der Waals surface area contributed by atoms with E-state index in [-0.39, 0.29) is 36.6 Å². The SMILES string of the molecule is CCN(CCNC(=O)[C@@H]1CCC[C@@H]1CN)C1CC1.Cl.Cl. The van der Waals surface area contributed by atoms with E-state index in [4.69, 9.17) is 5.73 Å². The van der Waals surface area contributed by atoms with Crippen molar-refractivity contribution in [2.24, 2.45) is 17.6 Å². The van der Waals surface area contributed by atoms with Crippen LogP contribution in [0.4, 0.5) is 0 Å². The number of carbonyl (C=O) groups excluding carboxylic acids is 1. The van der Waals surface area contributed by atoms with Crippen LogP contribution in [0.15, 0.2) is 0 Å². The van der Waals surface area contributed by atoms with Crippen LogP contribution in [-0.2, 0) is 4.79 Å². The third-order valence-electron chi connectivity index (χ3n) is 4.47. The number of rotatable bonds is 7. The maximum Gasteiger partial charge on any atom is 0.223 e. The lowest BCUT2D eigenvalue weighted by atomic mass is 9.95. The zero-order valence-electron chi connectivity index (χ0n) is 12.3. The Labute approximate surface area is 135 Å². The second-order valence-corrected chi connectivity index (χ2v) is 5.68. The fourth-order valence-electron chi connectivity index (χ4n) is 3.16. The van der Waals surface area contributed by atoms with Crippen LogP contribution in [0.25, 0.3) is 0 Å². The lowest BCUT2D eigenvalue weighted by molar-refractivity contribution is -0.126. The van der Waals surface area contributed by atoms with Crippen molar-refractivity contribution in [3.8, 4) is 0 Å². The standard InChI is InChI=1S/C14H27N3O.2ClH/c1-2-17(12-6-7-12)9-8-16-14(18)13-5-3-4-11(13)10-15;;/h11-13H,2-10,15H2,1H3,(H,16,18);2*1H/t11-,13-;;/m1../s1. The number of hydrogen-bond acceptors (Lipinski definition) is 3. The molecule has 2 rings (SSSR count). The van der Waals surface area contributed by atoms with E-state index in [1.807, 2.05) is 0 Å². The van der Waals surface area contributed by atoms with Crippen molar-refractivity contribution in [1.82, 2.24) is 10.2 Å². The van der Waals surface area contributed by atoms with Crippen molar-refractivity contribution in [1.29, 1.82) is 0 Å². The number of carbonyl (C=O) groups is 1. The van der Waals surface area contributed by atoms with E-state index in [2.05, 4.69) is 17.1 Å². The van der Waals surface area contributed by atoms with Gasteiger partial charge in [0.25, 0.3) is 0 Å². The second kappa shape index (κ2) is 9.82. The highest BCUT2D eigenvalue weighted by molar-refractivity contribution is 5.85. The highest BCUT2D eigenvalue weighted by Gasteiger charge is 2.32. The van der Waals surface area contributed by atoms with Crippen LogP contribution in [0.3, 0.4) is 0 Å². The Morgan fingerprint density at radius 1 is 1.25 bits per heavy atom. The first-order chi connectivity index (χ1) is 8.76. The quantitative estimate of drug-likeness (QED) is 0.750. The first kappa shape index (κ1) is 20.0. The number of halogens is 2. The molecule has 0 unspecified atom stereocenters. The summed E-state index contributed by atoms with van der Waals surface area (Å²) >= 11 is 0. The smallest absolute Gasteiger partial charge is 0.223 e. The summed E-state index contributed by atoms with van der Waals surface area (Å²) in [5, 5.41) is 3.10. The average molecular weight is 326 g/mol. The highest BCUT2D eigenvalue weighted by Crippen LogP contribution is 2.31. The molecule has 0 aromatic heterocycles. The van der Waals surface area contributed by atoms with Crippen LogP contribution in [0.5, 0.6) is 0 Å². The Kier molecular flexibility index (Phi) is 9.81. The van der Waals surface area contributed by atoms with E-state index in [0.29, 0.717) is 12.5 Å². The zero-order chi connectivity index (χ0) is 13.0. The largest absolute Gasteiger partial charge is 0.355 e. The van der Waals surface area contributed by atoms with Crippen LogP contribution in [-0.4, -0.2) is 43.0 Å². The molecule has 0 aliphatic heterocycles. The molecule has 0 radical (unpaired) electrons. The molecule has 0 bridgehead atoms. The number of nitrogens with zero attached hydrogens (tertiary/aromatic N) is 1. The van der Waals surface area contributed by atoms with Crippen molar-refractivity contribution in [2.45, 2.75) is 45.1 Å². The second-order valence-electron chi connectivity index (χ2n) is 5.68. The first-order valence-electron chi connectivity index (χ1n) is 7.48. The predicted octanol–water partition coefficient (Wildman–Crippen LogP) is 1.81. The van der Waals surface area contributed by atoms with Gasteiger partial charge in [-0.3, -0.25) is 9.69 Å². The Hall–Kier alpha value is -0.0300. The Balaban J connectivity index is 0.00000180. The molecule has 2 atom stereocenters. The van der Waals surface area contributed by atoms with Crippen molar-refractivity contribution in [2.75, 3.05) is 26.2 Å². The van der Waals surface area contributed by atoms with Crippen molar-refractivity contribution >= 4 is 30.7 Å². The molecule has 120 valence electrons. The van der Waals surface area contributed by atoms with Gasteiger partial charge in [0.1, 0.15) is 0 Å². The van der Waals surface area contributed by atoms with Gasteiger partial charge in [0.15, 0.2) is 0 Å². The number of amides is 1. The molecular formula is C14H29Cl2N3O. The average Bonchev–Trinajstić information content (AvgIpc) is 3.10. The van der Waals surface area contributed by atoms with Crippen molar-refractivity contribution < 1.29 is 4.79 Å². The van der Waals surface area contributed by atoms with Gasteiger partial charge in [-0.2, -0.15) is 0 Å². The van der Waals surface area contributed by atoms with Crippen LogP contribution < -0.4 is 11.1 Å². The molecule has 1 amide bonds. The fourth-order valence-corrected chi connectivity index (χ4v) is 3.16. The van der Waals surface area contributed by atoms with Gasteiger partial charge in [0.2, 0.25) is 5.91 Å². The van der Waals surface area contributed by atoms with Gasteiger partial charge in [0, 0.05) is 25.0 Å². The number of hydrogen-bond donors (Lipinski definition) is 2. The zero-order valence-corrected chi connectivity index (χ0v) is 14.0. The molecule has 0 aromatic rings. The lowest BCUT2D eigenvalue weighted by Crippen LogP contribution is -2.40. The van der Waals surface area contributed by atoms with E-state index in [1.54, 1.807) is 0 Å². The monoisotopic (exact) mass is 325 g/mol. The van der Waals surface area contributed by atoms with Gasteiger partial charge in [-0.05, 0) is 44.7 Å². The summed E-state index contributed by atoms with van der Waals surface area (Å²) in [6.45, 7) is 5.72. The van der Waals surface area contributed by atoms with Gasteiger partial charge in [-0.25, -0.2) is 0 Å². The molecular weight excluding hydrogens is 297 g/mol. The summed E-state index contributed by atoms with van der Waals surface area (Å²) in [6, 6.07) is 0.787. The fraction of sp³-hybridized carbons (Fsp3) is 0.929. The minimum atomic E-state index is 0. The molecule has 2 saturated carbocycles. The van der Waals surface area contributed by atoms with Gasteiger partial charge < -0.3 is 11.1 Å². The summed E-state index contributed by atoms with van der Waals surface area (Å²) in [6.07, 6.45) is 5.97. The summed E-state index contributed by atoms with van der Waals surface area (Å²) in [7, 11) is 0. The summed E-state index contributed by atoms with van der Waals surface area (Å²) in [5.41, 5.74) is 5.72. The molecule has 6 heteroatoms. The topological polar surface area (TPSA) is 58.4 Å². The van der Waals surface area contributed by atoms with E-state index in [1.165, 1.54) is 12.8 Å². The summed E-state index contributed by atoms with van der Waals surface area (Å²) in [4.78, 5) is 14.6. The Bertz CT molecular complexity index is 288. The van der Waals surface area contributed by atoms with Gasteiger partial charge >= 0.3 is 0 Å². The van der Waals surface area contributed by atoms with Gasteiger partial charge in [-0.15, -0.1) is 24.8 Å².